The van der Waals surface area contributed by atoms with Gasteiger partial charge in [0.15, 0.2) is 4.98 Å². The Morgan fingerprint density at radius 3 is 2.40 bits per heavy atom. The highest BCUT2D eigenvalue weighted by Crippen LogP contribution is 2.31. The quantitative estimate of drug-likeness (QED) is 0.544. The molecule has 0 aliphatic carbocycles. The largest absolute Gasteiger partial charge is 1.00 e. The summed E-state index contributed by atoms with van der Waals surface area (Å²) in [6.07, 6.45) is 0. The fraction of sp³-hybridized carbons (Fsp3) is 0.143. The minimum absolute atomic E-state index is 0. The van der Waals surface area contributed by atoms with Gasteiger partial charge in [-0.25, -0.2) is 0 Å². The van der Waals surface area contributed by atoms with Crippen molar-refractivity contribution < 1.29 is 25.4 Å². The third-order valence-corrected chi connectivity index (χ3v) is 3.16. The summed E-state index contributed by atoms with van der Waals surface area (Å²) in [6, 6.07) is 2.57. The van der Waals surface area contributed by atoms with E-state index in [-0.39, 0.29) is 28.7 Å². The molecular weight excluding hydrogens is 263 g/mol. The lowest BCUT2D eigenvalue weighted by molar-refractivity contribution is -0.00000729. The average Bonchev–Trinajstić information content (AvgIpc) is 2.02. The lowest BCUT2D eigenvalue weighted by atomic mass is 10.2. The van der Waals surface area contributed by atoms with Crippen molar-refractivity contribution in [3.63, 3.8) is 0 Å². The van der Waals surface area contributed by atoms with Gasteiger partial charge < -0.3 is 12.4 Å². The van der Waals surface area contributed by atoms with Crippen LogP contribution in [0.5, 0.6) is 0 Å². The molecule has 0 aliphatic heterocycles. The molecule has 1 aromatic carbocycles. The van der Waals surface area contributed by atoms with Crippen LogP contribution in [0.15, 0.2) is 17.0 Å². The van der Waals surface area contributed by atoms with Crippen LogP contribution in [0.25, 0.3) is 4.98 Å². The van der Waals surface area contributed by atoms with Crippen molar-refractivity contribution in [2.45, 2.75) is 11.8 Å². The second kappa shape index (κ2) is 4.77. The summed E-state index contributed by atoms with van der Waals surface area (Å²) < 4.78 is 30.6. The first kappa shape index (κ1) is 14.1. The summed E-state index contributed by atoms with van der Waals surface area (Å²) in [5, 5.41) is 8.39. The lowest BCUT2D eigenvalue weighted by Crippen LogP contribution is -3.00. The minimum Gasteiger partial charge on any atom is -1.00 e. The Kier molecular flexibility index (Phi) is 4.49. The Bertz CT molecular complexity index is 522. The molecule has 0 aromatic heterocycles. The van der Waals surface area contributed by atoms with E-state index in [0.29, 0.717) is 0 Å². The molecule has 82 valence electrons. The Balaban J connectivity index is 0.00000196. The molecule has 0 heterocycles. The predicted molar refractivity (Wildman–Crippen MR) is 50.7 cm³/mol. The Hall–Kier alpha value is -0.870. The van der Waals surface area contributed by atoms with Crippen molar-refractivity contribution in [2.75, 3.05) is 0 Å². The number of hydrogen-bond acceptors (Lipinski definition) is 3. The van der Waals surface area contributed by atoms with E-state index in [1.807, 2.05) is 0 Å². The van der Waals surface area contributed by atoms with Gasteiger partial charge in [0.25, 0.3) is 10.1 Å². The van der Waals surface area contributed by atoms with Crippen molar-refractivity contribution >= 4 is 27.4 Å². The molecule has 15 heavy (non-hydrogen) atoms. The molecule has 0 amide bonds. The van der Waals surface area contributed by atoms with Crippen molar-refractivity contribution in [2.24, 2.45) is 0 Å². The van der Waals surface area contributed by atoms with Crippen LogP contribution in [0.2, 0.25) is 5.02 Å². The molecule has 0 radical (unpaired) electrons. The van der Waals surface area contributed by atoms with Gasteiger partial charge in [-0.05, 0) is 13.0 Å². The molecule has 5 nitrogen and oxygen atoms in total. The first-order valence-corrected chi connectivity index (χ1v) is 5.31. The van der Waals surface area contributed by atoms with Gasteiger partial charge in [0, 0.05) is 6.07 Å². The average molecular weight is 269 g/mol. The van der Waals surface area contributed by atoms with E-state index in [4.69, 9.17) is 21.5 Å². The van der Waals surface area contributed by atoms with Crippen LogP contribution in [0, 0.1) is 12.3 Å². The Morgan fingerprint density at radius 1 is 1.47 bits per heavy atom. The summed E-state index contributed by atoms with van der Waals surface area (Å²) in [6.45, 7) is 1.38. The van der Waals surface area contributed by atoms with Gasteiger partial charge in [-0.1, -0.05) is 11.6 Å². The molecular formula is C7H6Cl2N2O3S. The molecule has 0 bridgehead atoms. The maximum absolute atomic E-state index is 10.9. The Labute approximate surface area is 97.8 Å². The Morgan fingerprint density at radius 2 is 2.00 bits per heavy atom. The number of rotatable bonds is 1. The van der Waals surface area contributed by atoms with Gasteiger partial charge in [-0.3, -0.25) is 4.55 Å². The number of diazo groups is 1. The lowest BCUT2D eigenvalue weighted by Gasteiger charge is -2.01. The van der Waals surface area contributed by atoms with Gasteiger partial charge in [-0.2, -0.15) is 8.42 Å². The number of nitrogens with zero attached hydrogens (tertiary/aromatic N) is 2. The SMILES string of the molecule is Cc1c([N+]#N)ccc(Cl)c1S(=O)(=O)O.[Cl-]. The van der Waals surface area contributed by atoms with Crippen LogP contribution in [0.3, 0.4) is 0 Å². The second-order valence-corrected chi connectivity index (χ2v) is 4.36. The molecule has 0 atom stereocenters. The van der Waals surface area contributed by atoms with Crippen LogP contribution < -0.4 is 12.4 Å². The monoisotopic (exact) mass is 268 g/mol. The van der Waals surface area contributed by atoms with Crippen molar-refractivity contribution in [1.29, 1.82) is 5.39 Å². The smallest absolute Gasteiger partial charge is 0.389 e. The highest BCUT2D eigenvalue weighted by Gasteiger charge is 2.24. The van der Waals surface area contributed by atoms with Crippen molar-refractivity contribution in [3.05, 3.63) is 27.7 Å². The second-order valence-electron chi connectivity index (χ2n) is 2.60. The standard InChI is InChI=1S/C7H5ClN2O3S.ClH/c1-4-6(10-9)3-2-5(8)7(4)14(11,12)13;/h2-3H,1H3;1H. The third-order valence-electron chi connectivity index (χ3n) is 1.69. The fourth-order valence-electron chi connectivity index (χ4n) is 1.07. The molecule has 1 rings (SSSR count). The zero-order valence-corrected chi connectivity index (χ0v) is 9.81. The summed E-state index contributed by atoms with van der Waals surface area (Å²) in [5.41, 5.74) is 0.143. The summed E-state index contributed by atoms with van der Waals surface area (Å²) in [4.78, 5) is 2.42. The molecule has 0 spiro atoms. The van der Waals surface area contributed by atoms with E-state index in [0.717, 1.165) is 0 Å². The maximum Gasteiger partial charge on any atom is 0.389 e. The van der Waals surface area contributed by atoms with Crippen molar-refractivity contribution in [1.82, 2.24) is 0 Å². The van der Waals surface area contributed by atoms with E-state index in [1.54, 1.807) is 0 Å². The number of hydrogen-bond donors (Lipinski definition) is 1. The molecule has 0 saturated carbocycles. The van der Waals surface area contributed by atoms with Crippen LogP contribution in [0.4, 0.5) is 5.69 Å². The molecule has 1 N–H and O–H groups in total. The normalized spacial score (nSPS) is 10.3. The molecule has 0 fully saturated rings. The van der Waals surface area contributed by atoms with Gasteiger partial charge in [-0.15, -0.1) is 0 Å². The van der Waals surface area contributed by atoms with Crippen LogP contribution >= 0.6 is 11.6 Å². The first-order valence-electron chi connectivity index (χ1n) is 3.49. The van der Waals surface area contributed by atoms with E-state index in [1.165, 1.54) is 19.1 Å². The topological polar surface area (TPSA) is 82.5 Å². The summed E-state index contributed by atoms with van der Waals surface area (Å²) in [5.74, 6) is 0. The molecule has 0 saturated heterocycles. The van der Waals surface area contributed by atoms with Crippen LogP contribution in [-0.2, 0) is 10.1 Å². The van der Waals surface area contributed by atoms with Crippen LogP contribution in [-0.4, -0.2) is 13.0 Å². The predicted octanol–water partition coefficient (Wildman–Crippen LogP) is -0.616. The van der Waals surface area contributed by atoms with E-state index in [2.05, 4.69) is 4.98 Å². The fourth-order valence-corrected chi connectivity index (χ4v) is 2.38. The summed E-state index contributed by atoms with van der Waals surface area (Å²) in [7, 11) is -4.40. The zero-order chi connectivity index (χ0) is 10.9. The highest BCUT2D eigenvalue weighted by atomic mass is 35.5. The van der Waals surface area contributed by atoms with E-state index < -0.39 is 15.0 Å². The molecule has 0 unspecified atom stereocenters. The van der Waals surface area contributed by atoms with Gasteiger partial charge in [0.05, 0.1) is 10.6 Å². The summed E-state index contributed by atoms with van der Waals surface area (Å²) >= 11 is 5.58. The molecule has 1 aromatic rings. The molecule has 0 aliphatic rings. The third kappa shape index (κ3) is 2.79. The van der Waals surface area contributed by atoms with E-state index in [9.17, 15) is 8.42 Å². The van der Waals surface area contributed by atoms with Crippen LogP contribution in [0.1, 0.15) is 5.56 Å². The minimum atomic E-state index is -4.40. The maximum atomic E-state index is 10.9. The number of halogens is 2. The van der Waals surface area contributed by atoms with Gasteiger partial charge in [0.1, 0.15) is 4.90 Å². The van der Waals surface area contributed by atoms with Gasteiger partial charge >= 0.3 is 5.69 Å². The highest BCUT2D eigenvalue weighted by molar-refractivity contribution is 7.86. The first-order chi connectivity index (χ1) is 6.38. The zero-order valence-electron chi connectivity index (χ0n) is 7.48. The molecule has 8 heteroatoms. The van der Waals surface area contributed by atoms with Crippen molar-refractivity contribution in [3.8, 4) is 0 Å². The van der Waals surface area contributed by atoms with Gasteiger partial charge in [0.2, 0.25) is 5.39 Å². The van der Waals surface area contributed by atoms with E-state index >= 15 is 0 Å². The number of benzene rings is 1.